The number of hydrogen-bond donors (Lipinski definition) is 2. The highest BCUT2D eigenvalue weighted by Gasteiger charge is 2.48. The van der Waals surface area contributed by atoms with E-state index < -0.39 is 0 Å². The number of carbonyl (C=O) groups is 1. The highest BCUT2D eigenvalue weighted by atomic mass is 35.5. The second-order valence-corrected chi connectivity index (χ2v) is 8.24. The normalized spacial score (nSPS) is 34.2. The van der Waals surface area contributed by atoms with Crippen molar-refractivity contribution in [1.82, 2.24) is 10.6 Å². The molecule has 0 heterocycles. The highest BCUT2D eigenvalue weighted by molar-refractivity contribution is 7.80. The van der Waals surface area contributed by atoms with Crippen LogP contribution in [-0.4, -0.2) is 17.1 Å². The quantitative estimate of drug-likeness (QED) is 0.799. The third-order valence-corrected chi connectivity index (χ3v) is 6.29. The summed E-state index contributed by atoms with van der Waals surface area (Å²) in [6.07, 6.45) is 6.76. The maximum Gasteiger partial charge on any atom is 0.257 e. The van der Waals surface area contributed by atoms with Gasteiger partial charge in [0.2, 0.25) is 0 Å². The van der Waals surface area contributed by atoms with E-state index in [9.17, 15) is 4.79 Å². The first-order valence-electron chi connectivity index (χ1n) is 8.46. The fourth-order valence-corrected chi connectivity index (χ4v) is 5.57. The summed E-state index contributed by atoms with van der Waals surface area (Å²) in [7, 11) is 0. The van der Waals surface area contributed by atoms with Crippen LogP contribution in [0.4, 0.5) is 0 Å². The molecule has 0 spiro atoms. The zero-order valence-corrected chi connectivity index (χ0v) is 14.5. The zero-order chi connectivity index (χ0) is 16.0. The Kier molecular flexibility index (Phi) is 4.06. The van der Waals surface area contributed by atoms with E-state index in [0.717, 1.165) is 23.7 Å². The van der Waals surface area contributed by atoms with Gasteiger partial charge in [-0.3, -0.25) is 10.1 Å². The molecule has 4 bridgehead atoms. The van der Waals surface area contributed by atoms with Gasteiger partial charge in [-0.05, 0) is 86.2 Å². The molecule has 0 saturated heterocycles. The molecule has 0 radical (unpaired) electrons. The lowest BCUT2D eigenvalue weighted by atomic mass is 9.54. The van der Waals surface area contributed by atoms with Gasteiger partial charge in [0.15, 0.2) is 5.11 Å². The molecular formula is C18H21ClN2OS. The Balaban J connectivity index is 1.38. The van der Waals surface area contributed by atoms with Crippen molar-refractivity contribution in [3.8, 4) is 0 Å². The minimum absolute atomic E-state index is 0.200. The molecule has 4 aliphatic rings. The van der Waals surface area contributed by atoms with Crippen molar-refractivity contribution in [2.24, 2.45) is 23.7 Å². The Morgan fingerprint density at radius 2 is 1.74 bits per heavy atom. The van der Waals surface area contributed by atoms with E-state index in [-0.39, 0.29) is 5.91 Å². The van der Waals surface area contributed by atoms with Gasteiger partial charge in [-0.25, -0.2) is 0 Å². The molecule has 4 saturated carbocycles. The van der Waals surface area contributed by atoms with Crippen molar-refractivity contribution >= 4 is 34.8 Å². The monoisotopic (exact) mass is 348 g/mol. The van der Waals surface area contributed by atoms with Crippen LogP contribution in [0.5, 0.6) is 0 Å². The average molecular weight is 349 g/mol. The number of hydrogen-bond acceptors (Lipinski definition) is 2. The van der Waals surface area contributed by atoms with E-state index in [0.29, 0.717) is 21.7 Å². The molecule has 3 nitrogen and oxygen atoms in total. The van der Waals surface area contributed by atoms with Gasteiger partial charge >= 0.3 is 0 Å². The molecule has 0 aromatic heterocycles. The third kappa shape index (κ3) is 3.11. The molecule has 1 aromatic rings. The van der Waals surface area contributed by atoms with E-state index in [2.05, 4.69) is 10.6 Å². The molecule has 4 aliphatic carbocycles. The van der Waals surface area contributed by atoms with Crippen molar-refractivity contribution < 1.29 is 4.79 Å². The molecule has 5 heteroatoms. The van der Waals surface area contributed by atoms with Crippen molar-refractivity contribution in [2.75, 3.05) is 0 Å². The molecule has 1 amide bonds. The van der Waals surface area contributed by atoms with Gasteiger partial charge in [-0.15, -0.1) is 0 Å². The third-order valence-electron chi connectivity index (χ3n) is 5.84. The van der Waals surface area contributed by atoms with Gasteiger partial charge in [-0.2, -0.15) is 0 Å². The van der Waals surface area contributed by atoms with Crippen LogP contribution in [0, 0.1) is 23.7 Å². The maximum absolute atomic E-state index is 12.3. The minimum atomic E-state index is -0.200. The number of benzene rings is 1. The van der Waals surface area contributed by atoms with Crippen LogP contribution in [-0.2, 0) is 0 Å². The molecule has 5 rings (SSSR count). The van der Waals surface area contributed by atoms with Crippen LogP contribution < -0.4 is 10.6 Å². The zero-order valence-electron chi connectivity index (χ0n) is 12.9. The molecule has 4 fully saturated rings. The van der Waals surface area contributed by atoms with E-state index >= 15 is 0 Å². The van der Waals surface area contributed by atoms with Crippen molar-refractivity contribution in [3.05, 3.63) is 34.9 Å². The van der Waals surface area contributed by atoms with Crippen molar-refractivity contribution in [1.29, 1.82) is 0 Å². The number of nitrogens with one attached hydrogen (secondary N) is 2. The smallest absolute Gasteiger partial charge is 0.257 e. The standard InChI is InChI=1S/C18H21ClN2OS/c19-15-3-1-2-12(9-15)17(22)21-18(23)20-16-13-5-10-4-11(7-13)8-14(16)6-10/h1-3,9-11,13-14,16H,4-8H2,(H2,20,21,22,23). The molecule has 0 aliphatic heterocycles. The summed E-state index contributed by atoms with van der Waals surface area (Å²) in [6, 6.07) is 7.36. The number of amides is 1. The topological polar surface area (TPSA) is 41.1 Å². The maximum atomic E-state index is 12.3. The fraction of sp³-hybridized carbons (Fsp3) is 0.556. The Bertz CT molecular complexity index is 620. The van der Waals surface area contributed by atoms with Gasteiger partial charge < -0.3 is 5.32 Å². The van der Waals surface area contributed by atoms with Crippen molar-refractivity contribution in [2.45, 2.75) is 38.1 Å². The number of rotatable bonds is 2. The summed E-state index contributed by atoms with van der Waals surface area (Å²) in [5.41, 5.74) is 0.534. The van der Waals surface area contributed by atoms with Crippen molar-refractivity contribution in [3.63, 3.8) is 0 Å². The second-order valence-electron chi connectivity index (χ2n) is 7.39. The largest absolute Gasteiger partial charge is 0.359 e. The lowest BCUT2D eigenvalue weighted by Crippen LogP contribution is -2.57. The van der Waals surface area contributed by atoms with Crippen LogP contribution in [0.2, 0.25) is 5.02 Å². The van der Waals surface area contributed by atoms with E-state index in [4.69, 9.17) is 23.8 Å². The van der Waals surface area contributed by atoms with Gasteiger partial charge in [-0.1, -0.05) is 17.7 Å². The summed E-state index contributed by atoms with van der Waals surface area (Å²) >= 11 is 11.3. The summed E-state index contributed by atoms with van der Waals surface area (Å²) in [6.45, 7) is 0. The van der Waals surface area contributed by atoms with E-state index in [1.807, 2.05) is 0 Å². The molecule has 23 heavy (non-hydrogen) atoms. The lowest BCUT2D eigenvalue weighted by Gasteiger charge is -2.54. The average Bonchev–Trinajstić information content (AvgIpc) is 2.50. The molecule has 1 aromatic carbocycles. The molecular weight excluding hydrogens is 328 g/mol. The van der Waals surface area contributed by atoms with Crippen LogP contribution in [0.3, 0.4) is 0 Å². The first-order valence-corrected chi connectivity index (χ1v) is 9.24. The summed E-state index contributed by atoms with van der Waals surface area (Å²) < 4.78 is 0. The van der Waals surface area contributed by atoms with E-state index in [1.165, 1.54) is 32.1 Å². The highest BCUT2D eigenvalue weighted by Crippen LogP contribution is 2.53. The van der Waals surface area contributed by atoms with Crippen LogP contribution >= 0.6 is 23.8 Å². The van der Waals surface area contributed by atoms with Gasteiger partial charge in [0.25, 0.3) is 5.91 Å². The van der Waals surface area contributed by atoms with Crippen LogP contribution in [0.15, 0.2) is 24.3 Å². The fourth-order valence-electron chi connectivity index (χ4n) is 5.15. The van der Waals surface area contributed by atoms with Crippen LogP contribution in [0.1, 0.15) is 42.5 Å². The molecule has 0 unspecified atom stereocenters. The molecule has 2 N–H and O–H groups in total. The number of thiocarbonyl (C=S) groups is 1. The number of carbonyl (C=O) groups excluding carboxylic acids is 1. The Labute approximate surface area is 147 Å². The SMILES string of the molecule is O=C(NC(=S)NC1C2CC3CC(C2)CC1C3)c1cccc(Cl)c1. The second kappa shape index (κ2) is 6.06. The first kappa shape index (κ1) is 15.4. The Morgan fingerprint density at radius 1 is 1.09 bits per heavy atom. The summed E-state index contributed by atoms with van der Waals surface area (Å²) in [5.74, 6) is 3.13. The summed E-state index contributed by atoms with van der Waals surface area (Å²) in [4.78, 5) is 12.3. The predicted molar refractivity (Wildman–Crippen MR) is 95.5 cm³/mol. The van der Waals surface area contributed by atoms with E-state index in [1.54, 1.807) is 24.3 Å². The minimum Gasteiger partial charge on any atom is -0.359 e. The number of halogens is 1. The van der Waals surface area contributed by atoms with Gasteiger partial charge in [0, 0.05) is 16.6 Å². The lowest BCUT2D eigenvalue weighted by molar-refractivity contribution is -0.00692. The van der Waals surface area contributed by atoms with Gasteiger partial charge in [0.1, 0.15) is 0 Å². The first-order chi connectivity index (χ1) is 11.1. The van der Waals surface area contributed by atoms with Gasteiger partial charge in [0.05, 0.1) is 0 Å². The Morgan fingerprint density at radius 3 is 2.35 bits per heavy atom. The van der Waals surface area contributed by atoms with Crippen LogP contribution in [0.25, 0.3) is 0 Å². The molecule has 122 valence electrons. The Hall–Kier alpha value is -1.13. The predicted octanol–water partition coefficient (Wildman–Crippen LogP) is 3.77. The summed E-state index contributed by atoms with van der Waals surface area (Å²) in [5, 5.41) is 7.25. The molecule has 0 atom stereocenters.